The molecule has 0 bridgehead atoms. The highest BCUT2D eigenvalue weighted by Gasteiger charge is 2.05. The summed E-state index contributed by atoms with van der Waals surface area (Å²) in [6.07, 6.45) is 3.78. The number of nitrogens with zero attached hydrogens (tertiary/aromatic N) is 1. The summed E-state index contributed by atoms with van der Waals surface area (Å²) in [5, 5.41) is 10.3. The number of aromatic nitrogens is 2. The topological polar surface area (TPSA) is 40.7 Å². The molecule has 84 valence electrons. The quantitative estimate of drug-likeness (QED) is 0.823. The number of H-pyrrole nitrogens is 1. The normalized spacial score (nSPS) is 12.6. The van der Waals surface area contributed by atoms with Gasteiger partial charge in [-0.25, -0.2) is 0 Å². The number of nitrogens with one attached hydrogen (secondary N) is 2. The van der Waals surface area contributed by atoms with E-state index in [4.69, 9.17) is 0 Å². The maximum atomic E-state index is 3.95. The Morgan fingerprint density at radius 1 is 1.38 bits per heavy atom. The van der Waals surface area contributed by atoms with Crippen molar-refractivity contribution in [2.75, 3.05) is 0 Å². The molecule has 1 atom stereocenters. The van der Waals surface area contributed by atoms with Gasteiger partial charge in [0.25, 0.3) is 0 Å². The summed E-state index contributed by atoms with van der Waals surface area (Å²) in [5.41, 5.74) is 3.86. The summed E-state index contributed by atoms with van der Waals surface area (Å²) in [5.74, 6) is 0. The zero-order valence-electron chi connectivity index (χ0n) is 9.70. The molecule has 0 aliphatic carbocycles. The Morgan fingerprint density at radius 2 is 2.19 bits per heavy atom. The monoisotopic (exact) mass is 215 g/mol. The molecule has 0 aliphatic rings. The third kappa shape index (κ3) is 2.49. The lowest BCUT2D eigenvalue weighted by molar-refractivity contribution is 0.573. The fraction of sp³-hybridized carbons (Fsp3) is 0.308. The molecule has 1 aromatic carbocycles. The Bertz CT molecular complexity index is 434. The van der Waals surface area contributed by atoms with Gasteiger partial charge in [0, 0.05) is 24.3 Å². The molecule has 0 saturated heterocycles. The van der Waals surface area contributed by atoms with Crippen LogP contribution in [-0.4, -0.2) is 10.2 Å². The molecule has 1 aromatic heterocycles. The van der Waals surface area contributed by atoms with E-state index in [1.54, 1.807) is 0 Å². The fourth-order valence-corrected chi connectivity index (χ4v) is 1.69. The lowest BCUT2D eigenvalue weighted by Crippen LogP contribution is -2.18. The minimum Gasteiger partial charge on any atom is -0.306 e. The smallest absolute Gasteiger partial charge is 0.0534 e. The van der Waals surface area contributed by atoms with Crippen molar-refractivity contribution < 1.29 is 0 Å². The maximum absolute atomic E-state index is 3.95. The zero-order chi connectivity index (χ0) is 11.4. The molecule has 0 saturated carbocycles. The maximum Gasteiger partial charge on any atom is 0.0534 e. The van der Waals surface area contributed by atoms with E-state index in [1.807, 2.05) is 12.4 Å². The van der Waals surface area contributed by atoms with Crippen LogP contribution in [0, 0.1) is 6.92 Å². The van der Waals surface area contributed by atoms with Crippen LogP contribution >= 0.6 is 0 Å². The standard InChI is InChI=1S/C13H17N3/c1-10-5-3-4-6-12(10)7-14-11(2)13-8-15-16-9-13/h3-6,8-9,11,14H,7H2,1-2H3,(H,15,16). The van der Waals surface area contributed by atoms with Gasteiger partial charge in [-0.2, -0.15) is 5.10 Å². The first-order chi connectivity index (χ1) is 7.77. The van der Waals surface area contributed by atoms with E-state index in [2.05, 4.69) is 53.6 Å². The third-order valence-corrected chi connectivity index (χ3v) is 2.88. The fourth-order valence-electron chi connectivity index (χ4n) is 1.69. The second-order valence-electron chi connectivity index (χ2n) is 4.06. The predicted octanol–water partition coefficient (Wildman–Crippen LogP) is 2.57. The summed E-state index contributed by atoms with van der Waals surface area (Å²) in [6.45, 7) is 5.17. The average molecular weight is 215 g/mol. The van der Waals surface area contributed by atoms with Gasteiger partial charge in [-0.3, -0.25) is 5.10 Å². The highest BCUT2D eigenvalue weighted by molar-refractivity contribution is 5.25. The summed E-state index contributed by atoms with van der Waals surface area (Å²) in [4.78, 5) is 0. The van der Waals surface area contributed by atoms with Gasteiger partial charge in [0.2, 0.25) is 0 Å². The molecular formula is C13H17N3. The van der Waals surface area contributed by atoms with E-state index in [-0.39, 0.29) is 0 Å². The van der Waals surface area contributed by atoms with Gasteiger partial charge in [0.05, 0.1) is 6.20 Å². The molecule has 0 radical (unpaired) electrons. The van der Waals surface area contributed by atoms with E-state index >= 15 is 0 Å². The summed E-state index contributed by atoms with van der Waals surface area (Å²) < 4.78 is 0. The number of aromatic amines is 1. The Labute approximate surface area is 95.9 Å². The van der Waals surface area contributed by atoms with Crippen molar-refractivity contribution in [2.24, 2.45) is 0 Å². The lowest BCUT2D eigenvalue weighted by Gasteiger charge is -2.13. The number of hydrogen-bond acceptors (Lipinski definition) is 2. The molecule has 1 unspecified atom stereocenters. The minimum absolute atomic E-state index is 0.318. The Balaban J connectivity index is 1.95. The van der Waals surface area contributed by atoms with Crippen LogP contribution in [0.3, 0.4) is 0 Å². The largest absolute Gasteiger partial charge is 0.306 e. The van der Waals surface area contributed by atoms with E-state index in [0.29, 0.717) is 6.04 Å². The molecule has 0 spiro atoms. The summed E-state index contributed by atoms with van der Waals surface area (Å²) in [7, 11) is 0. The van der Waals surface area contributed by atoms with E-state index in [9.17, 15) is 0 Å². The Morgan fingerprint density at radius 3 is 2.88 bits per heavy atom. The van der Waals surface area contributed by atoms with Gasteiger partial charge in [0.15, 0.2) is 0 Å². The van der Waals surface area contributed by atoms with Crippen LogP contribution in [0.5, 0.6) is 0 Å². The van der Waals surface area contributed by atoms with Crippen molar-refractivity contribution in [3.63, 3.8) is 0 Å². The molecule has 2 aromatic rings. The van der Waals surface area contributed by atoms with Crippen molar-refractivity contribution in [1.29, 1.82) is 0 Å². The first-order valence-corrected chi connectivity index (χ1v) is 5.54. The Kier molecular flexibility index (Phi) is 3.37. The molecular weight excluding hydrogens is 198 g/mol. The van der Waals surface area contributed by atoms with Crippen LogP contribution in [0.1, 0.15) is 29.7 Å². The molecule has 16 heavy (non-hydrogen) atoms. The minimum atomic E-state index is 0.318. The van der Waals surface area contributed by atoms with Crippen LogP contribution in [0.25, 0.3) is 0 Å². The van der Waals surface area contributed by atoms with Crippen LogP contribution in [-0.2, 0) is 6.54 Å². The van der Waals surface area contributed by atoms with Gasteiger partial charge in [0.1, 0.15) is 0 Å². The first-order valence-electron chi connectivity index (χ1n) is 5.54. The predicted molar refractivity (Wildman–Crippen MR) is 65.0 cm³/mol. The highest BCUT2D eigenvalue weighted by Crippen LogP contribution is 2.12. The van der Waals surface area contributed by atoms with E-state index in [0.717, 1.165) is 6.54 Å². The van der Waals surface area contributed by atoms with Gasteiger partial charge < -0.3 is 5.32 Å². The van der Waals surface area contributed by atoms with Crippen molar-refractivity contribution in [1.82, 2.24) is 15.5 Å². The lowest BCUT2D eigenvalue weighted by atomic mass is 10.1. The molecule has 3 nitrogen and oxygen atoms in total. The number of hydrogen-bond donors (Lipinski definition) is 2. The van der Waals surface area contributed by atoms with Gasteiger partial charge >= 0.3 is 0 Å². The van der Waals surface area contributed by atoms with Crippen LogP contribution < -0.4 is 5.32 Å². The van der Waals surface area contributed by atoms with Crippen molar-refractivity contribution >= 4 is 0 Å². The zero-order valence-corrected chi connectivity index (χ0v) is 9.70. The van der Waals surface area contributed by atoms with Crippen molar-refractivity contribution in [2.45, 2.75) is 26.4 Å². The summed E-state index contributed by atoms with van der Waals surface area (Å²) >= 11 is 0. The molecule has 2 rings (SSSR count). The van der Waals surface area contributed by atoms with Crippen LogP contribution in [0.2, 0.25) is 0 Å². The molecule has 2 N–H and O–H groups in total. The van der Waals surface area contributed by atoms with Crippen LogP contribution in [0.15, 0.2) is 36.7 Å². The van der Waals surface area contributed by atoms with Crippen LogP contribution in [0.4, 0.5) is 0 Å². The molecule has 3 heteroatoms. The highest BCUT2D eigenvalue weighted by atomic mass is 15.1. The van der Waals surface area contributed by atoms with Crippen molar-refractivity contribution in [3.8, 4) is 0 Å². The third-order valence-electron chi connectivity index (χ3n) is 2.88. The summed E-state index contributed by atoms with van der Waals surface area (Å²) in [6, 6.07) is 8.76. The van der Waals surface area contributed by atoms with E-state index < -0.39 is 0 Å². The second kappa shape index (κ2) is 4.94. The number of aryl methyl sites for hydroxylation is 1. The molecule has 0 aliphatic heterocycles. The van der Waals surface area contributed by atoms with Gasteiger partial charge in [-0.1, -0.05) is 24.3 Å². The van der Waals surface area contributed by atoms with Crippen molar-refractivity contribution in [3.05, 3.63) is 53.3 Å². The average Bonchev–Trinajstić information content (AvgIpc) is 2.81. The second-order valence-corrected chi connectivity index (χ2v) is 4.06. The van der Waals surface area contributed by atoms with E-state index in [1.165, 1.54) is 16.7 Å². The molecule has 1 heterocycles. The number of rotatable bonds is 4. The number of benzene rings is 1. The molecule has 0 fully saturated rings. The van der Waals surface area contributed by atoms with Gasteiger partial charge in [-0.05, 0) is 25.0 Å². The van der Waals surface area contributed by atoms with Gasteiger partial charge in [-0.15, -0.1) is 0 Å². The molecule has 0 amide bonds. The Hall–Kier alpha value is -1.61. The SMILES string of the molecule is Cc1ccccc1CNC(C)c1cn[nH]c1. The first kappa shape index (κ1) is 10.9.